The predicted octanol–water partition coefficient (Wildman–Crippen LogP) is 2.40. The van der Waals surface area contributed by atoms with Gasteiger partial charge in [0.15, 0.2) is 0 Å². The van der Waals surface area contributed by atoms with Crippen molar-refractivity contribution in [2.45, 2.75) is 13.3 Å². The summed E-state index contributed by atoms with van der Waals surface area (Å²) < 4.78 is 0. The highest BCUT2D eigenvalue weighted by Gasteiger charge is 2.10. The number of nitrogen functional groups attached to an aromatic ring is 1. The molecule has 0 radical (unpaired) electrons. The average molecular weight is 283 g/mol. The molecule has 0 spiro atoms. The Labute approximate surface area is 120 Å². The summed E-state index contributed by atoms with van der Waals surface area (Å²) in [6.07, 6.45) is 1.08. The predicted molar refractivity (Wildman–Crippen MR) is 83.5 cm³/mol. The van der Waals surface area contributed by atoms with Crippen LogP contribution in [0, 0.1) is 5.41 Å². The Hall–Kier alpha value is -1.26. The van der Waals surface area contributed by atoms with Crippen molar-refractivity contribution in [1.82, 2.24) is 4.90 Å². The summed E-state index contributed by atoms with van der Waals surface area (Å²) in [7, 11) is 4.13. The van der Waals surface area contributed by atoms with E-state index in [0.717, 1.165) is 31.7 Å². The van der Waals surface area contributed by atoms with Crippen LogP contribution >= 0.6 is 11.6 Å². The number of benzene rings is 1. The third kappa shape index (κ3) is 4.73. The minimum atomic E-state index is 0.00637. The third-order valence-corrected chi connectivity index (χ3v) is 3.23. The Morgan fingerprint density at radius 1 is 1.26 bits per heavy atom. The van der Waals surface area contributed by atoms with E-state index in [1.54, 1.807) is 0 Å². The van der Waals surface area contributed by atoms with Crippen LogP contribution in [-0.4, -0.2) is 44.5 Å². The van der Waals surface area contributed by atoms with Crippen LogP contribution in [0.2, 0.25) is 5.02 Å². The van der Waals surface area contributed by atoms with Gasteiger partial charge in [-0.3, -0.25) is 5.41 Å². The molecule has 0 amide bonds. The first kappa shape index (κ1) is 15.8. The van der Waals surface area contributed by atoms with Gasteiger partial charge < -0.3 is 15.5 Å². The van der Waals surface area contributed by atoms with Crippen molar-refractivity contribution in [3.05, 3.63) is 28.8 Å². The van der Waals surface area contributed by atoms with Crippen molar-refractivity contribution in [2.24, 2.45) is 5.73 Å². The molecule has 3 N–H and O–H groups in total. The molecule has 0 bridgehead atoms. The van der Waals surface area contributed by atoms with Gasteiger partial charge >= 0.3 is 0 Å². The highest BCUT2D eigenvalue weighted by Crippen LogP contribution is 2.23. The largest absolute Gasteiger partial charge is 0.384 e. The summed E-state index contributed by atoms with van der Waals surface area (Å²) in [4.78, 5) is 4.46. The quantitative estimate of drug-likeness (QED) is 0.596. The van der Waals surface area contributed by atoms with Gasteiger partial charge in [0.1, 0.15) is 5.84 Å². The van der Waals surface area contributed by atoms with Crippen molar-refractivity contribution in [1.29, 1.82) is 5.41 Å². The van der Waals surface area contributed by atoms with Gasteiger partial charge in [-0.2, -0.15) is 0 Å². The number of anilines is 1. The SMILES string of the molecule is CCCN(CCN(C)C)c1ccc(C(=N)N)c(Cl)c1. The second kappa shape index (κ2) is 7.36. The number of nitrogens with one attached hydrogen (secondary N) is 1. The maximum Gasteiger partial charge on any atom is 0.124 e. The van der Waals surface area contributed by atoms with Crippen molar-refractivity contribution in [2.75, 3.05) is 38.6 Å². The van der Waals surface area contributed by atoms with Gasteiger partial charge in [-0.1, -0.05) is 18.5 Å². The van der Waals surface area contributed by atoms with Gasteiger partial charge in [-0.15, -0.1) is 0 Å². The molecule has 0 unspecified atom stereocenters. The molecule has 1 aromatic carbocycles. The fourth-order valence-electron chi connectivity index (χ4n) is 1.88. The molecule has 0 saturated carbocycles. The molecule has 1 aromatic rings. The lowest BCUT2D eigenvalue weighted by Crippen LogP contribution is -2.32. The van der Waals surface area contributed by atoms with Crippen molar-refractivity contribution < 1.29 is 0 Å². The van der Waals surface area contributed by atoms with E-state index in [4.69, 9.17) is 22.7 Å². The first-order chi connectivity index (χ1) is 8.95. The minimum Gasteiger partial charge on any atom is -0.384 e. The lowest BCUT2D eigenvalue weighted by molar-refractivity contribution is 0.413. The Balaban J connectivity index is 2.90. The Kier molecular flexibility index (Phi) is 6.12. The summed E-state index contributed by atoms with van der Waals surface area (Å²) in [6, 6.07) is 5.69. The molecule has 5 heteroatoms. The first-order valence-corrected chi connectivity index (χ1v) is 6.87. The van der Waals surface area contributed by atoms with Crippen LogP contribution in [0.3, 0.4) is 0 Å². The molecule has 0 heterocycles. The summed E-state index contributed by atoms with van der Waals surface area (Å²) >= 11 is 6.17. The van der Waals surface area contributed by atoms with Crippen LogP contribution in [0.4, 0.5) is 5.69 Å². The zero-order valence-corrected chi connectivity index (χ0v) is 12.7. The number of amidine groups is 1. The fraction of sp³-hybridized carbons (Fsp3) is 0.500. The second-order valence-electron chi connectivity index (χ2n) is 4.87. The molecule has 106 valence electrons. The lowest BCUT2D eigenvalue weighted by Gasteiger charge is -2.26. The number of hydrogen-bond acceptors (Lipinski definition) is 3. The third-order valence-electron chi connectivity index (χ3n) is 2.92. The van der Waals surface area contributed by atoms with Gasteiger partial charge in [-0.05, 0) is 38.7 Å². The molecule has 0 aromatic heterocycles. The number of nitrogens with zero attached hydrogens (tertiary/aromatic N) is 2. The van der Waals surface area contributed by atoms with E-state index in [2.05, 4.69) is 30.8 Å². The Morgan fingerprint density at radius 2 is 1.95 bits per heavy atom. The van der Waals surface area contributed by atoms with Crippen LogP contribution in [0.1, 0.15) is 18.9 Å². The highest BCUT2D eigenvalue weighted by molar-refractivity contribution is 6.34. The molecular weight excluding hydrogens is 260 g/mol. The Morgan fingerprint density at radius 3 is 2.42 bits per heavy atom. The summed E-state index contributed by atoms with van der Waals surface area (Å²) in [6.45, 7) is 5.10. The molecule has 0 atom stereocenters. The minimum absolute atomic E-state index is 0.00637. The molecular formula is C14H23ClN4. The number of hydrogen-bond donors (Lipinski definition) is 2. The number of likely N-dealkylation sites (N-methyl/N-ethyl adjacent to an activating group) is 1. The zero-order valence-electron chi connectivity index (χ0n) is 11.9. The van der Waals surface area contributed by atoms with Crippen molar-refractivity contribution in [3.63, 3.8) is 0 Å². The van der Waals surface area contributed by atoms with Gasteiger partial charge in [0.25, 0.3) is 0 Å². The number of nitrogens with two attached hydrogens (primary N) is 1. The van der Waals surface area contributed by atoms with E-state index in [1.807, 2.05) is 18.2 Å². The normalized spacial score (nSPS) is 10.8. The van der Waals surface area contributed by atoms with Gasteiger partial charge in [0.05, 0.1) is 5.02 Å². The van der Waals surface area contributed by atoms with E-state index in [0.29, 0.717) is 10.6 Å². The molecule has 0 saturated heterocycles. The Bertz CT molecular complexity index is 431. The molecule has 4 nitrogen and oxygen atoms in total. The summed E-state index contributed by atoms with van der Waals surface area (Å²) in [5.41, 5.74) is 7.15. The van der Waals surface area contributed by atoms with Crippen LogP contribution in [0.25, 0.3) is 0 Å². The maximum absolute atomic E-state index is 7.45. The van der Waals surface area contributed by atoms with E-state index in [-0.39, 0.29) is 5.84 Å². The van der Waals surface area contributed by atoms with E-state index in [9.17, 15) is 0 Å². The fourth-order valence-corrected chi connectivity index (χ4v) is 2.16. The van der Waals surface area contributed by atoms with Gasteiger partial charge in [0.2, 0.25) is 0 Å². The standard InChI is InChI=1S/C14H23ClN4/c1-4-7-19(9-8-18(2)3)11-5-6-12(14(16)17)13(15)10-11/h5-6,10H,4,7-9H2,1-3H3,(H3,16,17). The molecule has 0 fully saturated rings. The summed E-state index contributed by atoms with van der Waals surface area (Å²) in [5, 5.41) is 7.98. The average Bonchev–Trinajstić information content (AvgIpc) is 2.33. The van der Waals surface area contributed by atoms with Gasteiger partial charge in [-0.25, -0.2) is 0 Å². The van der Waals surface area contributed by atoms with Crippen LogP contribution in [0.5, 0.6) is 0 Å². The molecule has 1 rings (SSSR count). The zero-order chi connectivity index (χ0) is 14.4. The van der Waals surface area contributed by atoms with E-state index < -0.39 is 0 Å². The lowest BCUT2D eigenvalue weighted by atomic mass is 10.1. The number of rotatable bonds is 7. The number of halogens is 1. The van der Waals surface area contributed by atoms with Crippen molar-refractivity contribution >= 4 is 23.1 Å². The molecule has 0 aliphatic rings. The topological polar surface area (TPSA) is 56.4 Å². The van der Waals surface area contributed by atoms with Crippen LogP contribution < -0.4 is 10.6 Å². The van der Waals surface area contributed by atoms with Crippen molar-refractivity contribution in [3.8, 4) is 0 Å². The second-order valence-corrected chi connectivity index (χ2v) is 5.28. The summed E-state index contributed by atoms with van der Waals surface area (Å²) in [5.74, 6) is 0.00637. The molecule has 19 heavy (non-hydrogen) atoms. The van der Waals surface area contributed by atoms with E-state index >= 15 is 0 Å². The van der Waals surface area contributed by atoms with Crippen LogP contribution in [0.15, 0.2) is 18.2 Å². The molecule has 0 aliphatic carbocycles. The monoisotopic (exact) mass is 282 g/mol. The molecule has 0 aliphatic heterocycles. The smallest absolute Gasteiger partial charge is 0.124 e. The first-order valence-electron chi connectivity index (χ1n) is 6.49. The van der Waals surface area contributed by atoms with E-state index in [1.165, 1.54) is 0 Å². The van der Waals surface area contributed by atoms with Gasteiger partial charge in [0, 0.05) is 30.9 Å². The maximum atomic E-state index is 7.45. The van der Waals surface area contributed by atoms with Crippen LogP contribution in [-0.2, 0) is 0 Å². The highest BCUT2D eigenvalue weighted by atomic mass is 35.5.